The van der Waals surface area contributed by atoms with E-state index in [1.807, 2.05) is 154 Å². The van der Waals surface area contributed by atoms with Crippen LogP contribution in [0.3, 0.4) is 0 Å². The van der Waals surface area contributed by atoms with Gasteiger partial charge in [-0.2, -0.15) is 10.5 Å². The Bertz CT molecular complexity index is 8190. The van der Waals surface area contributed by atoms with Crippen LogP contribution in [0.5, 0.6) is 0 Å². The summed E-state index contributed by atoms with van der Waals surface area (Å²) in [5, 5.41) is 28.7. The van der Waals surface area contributed by atoms with E-state index in [2.05, 4.69) is 46.9 Å². The molecule has 0 amide bonds. The molecule has 0 spiro atoms. The quantitative estimate of drug-likeness (QED) is 0.117. The maximum absolute atomic E-state index is 14.5. The molecule has 8 aromatic heterocycles. The molecule has 14 aromatic carbocycles. The minimum atomic E-state index is -0.285. The number of fused-ring (bicyclic) bond motifs is 16. The predicted molar refractivity (Wildman–Crippen MR) is 446 cm³/mol. The zero-order chi connectivity index (χ0) is 75.3. The molecule has 0 saturated heterocycles. The van der Waals surface area contributed by atoms with Crippen LogP contribution in [-0.2, 0) is 0 Å². The van der Waals surface area contributed by atoms with Crippen LogP contribution in [0.25, 0.3) is 175 Å². The van der Waals surface area contributed by atoms with E-state index in [4.69, 9.17) is 0 Å². The van der Waals surface area contributed by atoms with Gasteiger partial charge in [0.1, 0.15) is 12.1 Å². The van der Waals surface area contributed by atoms with Gasteiger partial charge in [-0.1, -0.05) is 103 Å². The molecule has 15 nitrogen and oxygen atoms in total. The van der Waals surface area contributed by atoms with Crippen molar-refractivity contribution in [3.63, 3.8) is 0 Å². The summed E-state index contributed by atoms with van der Waals surface area (Å²) in [6.07, 6.45) is 0. The van der Waals surface area contributed by atoms with Gasteiger partial charge in [-0.15, -0.1) is 0 Å². The molecule has 0 N–H and O–H groups in total. The van der Waals surface area contributed by atoms with E-state index in [0.29, 0.717) is 142 Å². The van der Waals surface area contributed by atoms with Gasteiger partial charge in [0.15, 0.2) is 43.4 Å². The topological polar surface area (TPSA) is 205 Å². The van der Waals surface area contributed by atoms with Crippen LogP contribution in [0.15, 0.2) is 311 Å². The van der Waals surface area contributed by atoms with Gasteiger partial charge in [-0.25, -0.2) is 0 Å². The second-order valence-corrected chi connectivity index (χ2v) is 28.5. The number of para-hydroxylation sites is 9. The highest BCUT2D eigenvalue weighted by Crippen LogP contribution is 2.43. The third-order valence-electron chi connectivity index (χ3n) is 22.7. The van der Waals surface area contributed by atoms with Crippen molar-refractivity contribution in [2.75, 3.05) is 4.90 Å². The third kappa shape index (κ3) is 8.82. The van der Waals surface area contributed by atoms with Crippen LogP contribution in [-0.4, -0.2) is 17.6 Å². The zero-order valence-electron chi connectivity index (χ0n) is 58.9. The fourth-order valence-electron chi connectivity index (χ4n) is 17.7. The number of hydrogen-bond acceptors (Lipinski definition) is 11. The van der Waals surface area contributed by atoms with Gasteiger partial charge in [0.25, 0.3) is 0 Å². The van der Waals surface area contributed by atoms with Crippen LogP contribution in [0.4, 0.5) is 17.1 Å². The van der Waals surface area contributed by atoms with E-state index in [1.54, 1.807) is 120 Å². The van der Waals surface area contributed by atoms with Crippen molar-refractivity contribution in [3.8, 4) is 34.4 Å². The Labute approximate surface area is 624 Å². The van der Waals surface area contributed by atoms with Crippen LogP contribution in [0.1, 0.15) is 22.3 Å². The van der Waals surface area contributed by atoms with Crippen molar-refractivity contribution in [2.45, 2.75) is 13.8 Å². The van der Waals surface area contributed by atoms with E-state index >= 15 is 0 Å². The number of hydrogen-bond donors (Lipinski definition) is 0. The second kappa shape index (κ2) is 23.5. The number of pyridine rings is 8. The van der Waals surface area contributed by atoms with Gasteiger partial charge in [0.2, 0.25) is 0 Å². The molecule has 0 bridgehead atoms. The van der Waals surface area contributed by atoms with Gasteiger partial charge in [0, 0.05) is 97.6 Å². The first-order valence-corrected chi connectivity index (χ1v) is 36.1. The van der Waals surface area contributed by atoms with Gasteiger partial charge in [-0.3, -0.25) is 38.4 Å². The lowest BCUT2D eigenvalue weighted by atomic mass is 9.90. The zero-order valence-corrected chi connectivity index (χ0v) is 58.9. The monoisotopic (exact) mass is 1430 g/mol. The summed E-state index contributed by atoms with van der Waals surface area (Å²) in [7, 11) is 0. The first kappa shape index (κ1) is 63.9. The molecule has 22 rings (SSSR count). The third-order valence-corrected chi connectivity index (χ3v) is 22.7. The fourth-order valence-corrected chi connectivity index (χ4v) is 17.7. The highest BCUT2D eigenvalue weighted by atomic mass is 16.1. The molecule has 0 aliphatic carbocycles. The molecule has 111 heavy (non-hydrogen) atoms. The number of aryl methyl sites for hydroxylation is 2. The van der Waals surface area contributed by atoms with Crippen LogP contribution in [0.2, 0.25) is 0 Å². The Kier molecular flexibility index (Phi) is 13.5. The molecule has 8 heterocycles. The van der Waals surface area contributed by atoms with E-state index in [0.717, 1.165) is 55.4 Å². The molecular formula is C96H51N7O8. The van der Waals surface area contributed by atoms with Crippen molar-refractivity contribution < 1.29 is 0 Å². The normalized spacial score (nSPS) is 12.0. The summed E-state index contributed by atoms with van der Waals surface area (Å²) in [6, 6.07) is 87.2. The highest BCUT2D eigenvalue weighted by molar-refractivity contribution is 6.13. The first-order chi connectivity index (χ1) is 54.2. The number of nitriles is 2. The number of anilines is 3. The van der Waals surface area contributed by atoms with E-state index in [9.17, 15) is 48.9 Å². The standard InChI is InChI=1S/C48H23N5O4.C48H28N2O4/c49-24-26-8-5-9-27(25-50)42(26)51(28-18-20-40-36(22-28)47(56)34-14-6-12-32-43(34)52(40)38-16-3-1-10-30(38)45(32)54)29-19-21-41-37(23-29)48(57)35-15-7-13-33-44(35)53(41)39-17-4-2-11-31(39)46(33)55;1-25-21-36(28-18-20-42-38(24-28)48(54)34-14-8-12-32-44(34)50(42)40-16-6-4-10-30(40)46(32)52)26(2)22-35(25)27-17-19-41-37(23-27)47(53)33-13-7-11-31-43(33)49(41)39-15-5-3-9-29(39)45(31)51/h1-23H;3-24H,1-2H3. The number of nitrogens with zero attached hydrogens (tertiary/aromatic N) is 7. The molecule has 0 fully saturated rings. The summed E-state index contributed by atoms with van der Waals surface area (Å²) < 4.78 is 8.00. The summed E-state index contributed by atoms with van der Waals surface area (Å²) in [6.45, 7) is 4.13. The molecule has 0 aliphatic heterocycles. The average Bonchev–Trinajstić information content (AvgIpc) is 0.737. The van der Waals surface area contributed by atoms with Gasteiger partial charge < -0.3 is 22.5 Å². The maximum atomic E-state index is 14.5. The number of benzene rings is 14. The second-order valence-electron chi connectivity index (χ2n) is 28.5. The molecular weight excluding hydrogens is 1380 g/mol. The Morgan fingerprint density at radius 1 is 0.243 bits per heavy atom. The Balaban J connectivity index is 0.000000141. The Morgan fingerprint density at radius 3 is 0.766 bits per heavy atom. The predicted octanol–water partition coefficient (Wildman–Crippen LogP) is 18.0. The van der Waals surface area contributed by atoms with E-state index < -0.39 is 0 Å². The largest absolute Gasteiger partial charge is 0.308 e. The lowest BCUT2D eigenvalue weighted by Gasteiger charge is -2.28. The number of aromatic nitrogens is 4. The van der Waals surface area contributed by atoms with Crippen molar-refractivity contribution in [3.05, 3.63) is 377 Å². The van der Waals surface area contributed by atoms with Crippen molar-refractivity contribution in [1.82, 2.24) is 17.6 Å². The summed E-state index contributed by atoms with van der Waals surface area (Å²) in [4.78, 5) is 113. The highest BCUT2D eigenvalue weighted by Gasteiger charge is 2.27. The number of rotatable bonds is 5. The fraction of sp³-hybridized carbons (Fsp3) is 0.0208. The minimum absolute atomic E-state index is 0.0756. The summed E-state index contributed by atoms with van der Waals surface area (Å²) in [5.74, 6) is 0. The van der Waals surface area contributed by atoms with Crippen LogP contribution < -0.4 is 48.3 Å². The molecule has 0 unspecified atom stereocenters. The van der Waals surface area contributed by atoms with Gasteiger partial charge in [-0.05, 0) is 217 Å². The molecule has 0 saturated carbocycles. The van der Waals surface area contributed by atoms with Gasteiger partial charge >= 0.3 is 0 Å². The van der Waals surface area contributed by atoms with Gasteiger partial charge in [0.05, 0.1) is 83.0 Å². The first-order valence-electron chi connectivity index (χ1n) is 36.1. The minimum Gasteiger partial charge on any atom is -0.308 e. The molecule has 0 radical (unpaired) electrons. The SMILES string of the molecule is Cc1cc(-c2ccc3c(c2)c(=O)c2cccc4c(=O)c5ccccc5n3c42)c(C)cc1-c1ccc2c(c1)c(=O)c1cccc3c(=O)c4ccccc4n2c31.N#Cc1cccc(C#N)c1N(c1ccc2c(c1)c(=O)c1cccc3c(=O)c4ccccc4n2c31)c1ccc2c(c1)c(=O)c1cccc3c(=O)c4ccccc4n2c31. The molecule has 22 aromatic rings. The summed E-state index contributed by atoms with van der Waals surface area (Å²) in [5.41, 5.74) is 14.1. The smallest absolute Gasteiger partial charge is 0.197 e. The van der Waals surface area contributed by atoms with Crippen LogP contribution in [0, 0.1) is 36.5 Å². The van der Waals surface area contributed by atoms with Crippen LogP contribution >= 0.6 is 0 Å². The summed E-state index contributed by atoms with van der Waals surface area (Å²) >= 11 is 0. The molecule has 518 valence electrons. The van der Waals surface area contributed by atoms with E-state index in [1.165, 1.54) is 0 Å². The van der Waals surface area contributed by atoms with Crippen molar-refractivity contribution in [2.24, 2.45) is 0 Å². The molecule has 15 heteroatoms. The molecule has 0 atom stereocenters. The van der Waals surface area contributed by atoms with Crippen molar-refractivity contribution in [1.29, 1.82) is 10.5 Å². The average molecular weight is 1430 g/mol. The van der Waals surface area contributed by atoms with Crippen molar-refractivity contribution >= 4 is 169 Å². The Hall–Kier alpha value is -15.6. The van der Waals surface area contributed by atoms with E-state index in [-0.39, 0.29) is 60.2 Å². The Morgan fingerprint density at radius 2 is 0.477 bits per heavy atom. The lowest BCUT2D eigenvalue weighted by molar-refractivity contribution is 1.25. The molecule has 0 aliphatic rings. The lowest BCUT2D eigenvalue weighted by Crippen LogP contribution is -2.17. The maximum Gasteiger partial charge on any atom is 0.197 e.